The number of fused-ring (bicyclic) bond motifs is 3. The third-order valence-corrected chi connectivity index (χ3v) is 12.1. The van der Waals surface area contributed by atoms with Crippen molar-refractivity contribution in [3.63, 3.8) is 0 Å². The zero-order chi connectivity index (χ0) is 30.5. The summed E-state index contributed by atoms with van der Waals surface area (Å²) in [6.45, 7) is 4.15. The number of rotatable bonds is 6. The first-order chi connectivity index (χ1) is 20.5. The predicted molar refractivity (Wildman–Crippen MR) is 169 cm³/mol. The van der Waals surface area contributed by atoms with E-state index in [0.717, 1.165) is 16.0 Å². The van der Waals surface area contributed by atoms with Crippen LogP contribution in [0.3, 0.4) is 0 Å². The Kier molecular flexibility index (Phi) is 7.34. The van der Waals surface area contributed by atoms with Crippen molar-refractivity contribution in [1.82, 2.24) is 4.98 Å². The zero-order valence-electron chi connectivity index (χ0n) is 24.1. The number of thiophene rings is 1. The number of hydrogen-bond donors (Lipinski definition) is 1. The van der Waals surface area contributed by atoms with Crippen molar-refractivity contribution >= 4 is 50.2 Å². The third kappa shape index (κ3) is 5.21. The average Bonchev–Trinajstić information content (AvgIpc) is 3.36. The fourth-order valence-corrected chi connectivity index (χ4v) is 8.42. The standard InChI is InChI=1S/C32H31FN4O4S2/c1-20-8-6-10-23(33)28(20)35-30(38)26-18-21-14-16-37(25-12-5-4-9-22(25)29(21)42-26)31(39)24-11-7-13-27(34-24)36(3)19-32(2)15-17-43(32,40)41/h4-13,18H,14-17,19H2,1-3H3,(H,35,38). The van der Waals surface area contributed by atoms with Gasteiger partial charge in [0.2, 0.25) is 0 Å². The number of para-hydroxylation sites is 2. The quantitative estimate of drug-likeness (QED) is 0.297. The zero-order valence-corrected chi connectivity index (χ0v) is 25.7. The first kappa shape index (κ1) is 29.0. The molecule has 2 aromatic carbocycles. The van der Waals surface area contributed by atoms with E-state index in [2.05, 4.69) is 10.3 Å². The number of aromatic nitrogens is 1. The molecule has 2 aliphatic rings. The predicted octanol–water partition coefficient (Wildman–Crippen LogP) is 5.73. The molecule has 11 heteroatoms. The van der Waals surface area contributed by atoms with Crippen molar-refractivity contribution in [3.8, 4) is 10.4 Å². The Morgan fingerprint density at radius 1 is 1.12 bits per heavy atom. The van der Waals surface area contributed by atoms with E-state index in [-0.39, 0.29) is 28.9 Å². The van der Waals surface area contributed by atoms with Gasteiger partial charge in [-0.25, -0.2) is 17.8 Å². The van der Waals surface area contributed by atoms with E-state index in [1.54, 1.807) is 61.0 Å². The van der Waals surface area contributed by atoms with Crippen molar-refractivity contribution in [2.24, 2.45) is 0 Å². The molecule has 2 aromatic heterocycles. The molecule has 43 heavy (non-hydrogen) atoms. The molecular formula is C32H31FN4O4S2. The largest absolute Gasteiger partial charge is 0.358 e. The number of benzene rings is 2. The van der Waals surface area contributed by atoms with Gasteiger partial charge in [0.05, 0.1) is 26.8 Å². The summed E-state index contributed by atoms with van der Waals surface area (Å²) in [5.41, 5.74) is 3.52. The van der Waals surface area contributed by atoms with E-state index in [1.807, 2.05) is 30.3 Å². The maximum absolute atomic E-state index is 14.4. The summed E-state index contributed by atoms with van der Waals surface area (Å²) in [7, 11) is -1.35. The van der Waals surface area contributed by atoms with Crippen LogP contribution in [0, 0.1) is 12.7 Å². The third-order valence-electron chi connectivity index (χ3n) is 8.35. The monoisotopic (exact) mass is 618 g/mol. The highest BCUT2D eigenvalue weighted by molar-refractivity contribution is 7.94. The summed E-state index contributed by atoms with van der Waals surface area (Å²) in [4.78, 5) is 36.5. The number of carbonyl (C=O) groups excluding carboxylic acids is 2. The molecule has 222 valence electrons. The fourth-order valence-electron chi connectivity index (χ4n) is 5.65. The Balaban J connectivity index is 1.26. The molecule has 1 saturated heterocycles. The lowest BCUT2D eigenvalue weighted by Gasteiger charge is -2.40. The molecule has 4 aromatic rings. The van der Waals surface area contributed by atoms with Crippen molar-refractivity contribution in [3.05, 3.63) is 94.2 Å². The number of nitrogens with one attached hydrogen (secondary N) is 1. The average molecular weight is 619 g/mol. The summed E-state index contributed by atoms with van der Waals surface area (Å²) < 4.78 is 38.2. The van der Waals surface area contributed by atoms with Gasteiger partial charge < -0.3 is 15.1 Å². The number of amides is 2. The number of sulfone groups is 1. The molecule has 2 amide bonds. The van der Waals surface area contributed by atoms with Crippen LogP contribution >= 0.6 is 11.3 Å². The second kappa shape index (κ2) is 10.9. The Labute approximate surface area is 254 Å². The van der Waals surface area contributed by atoms with E-state index in [9.17, 15) is 22.4 Å². The molecule has 1 atom stereocenters. The van der Waals surface area contributed by atoms with Gasteiger partial charge in [0.15, 0.2) is 9.84 Å². The van der Waals surface area contributed by atoms with Crippen LogP contribution in [0.15, 0.2) is 66.7 Å². The number of pyridine rings is 1. The number of carbonyl (C=O) groups is 2. The van der Waals surface area contributed by atoms with Crippen molar-refractivity contribution in [1.29, 1.82) is 0 Å². The minimum absolute atomic E-state index is 0.164. The summed E-state index contributed by atoms with van der Waals surface area (Å²) in [5.74, 6) is -0.423. The van der Waals surface area contributed by atoms with Gasteiger partial charge in [0, 0.05) is 30.6 Å². The molecule has 1 unspecified atom stereocenters. The Hall–Kier alpha value is -4.09. The molecule has 1 fully saturated rings. The molecular weight excluding hydrogens is 588 g/mol. The van der Waals surface area contributed by atoms with Crippen LogP contribution in [-0.2, 0) is 16.3 Å². The second-order valence-corrected chi connectivity index (χ2v) is 15.0. The summed E-state index contributed by atoms with van der Waals surface area (Å²) in [6.07, 6.45) is 1.10. The highest BCUT2D eigenvalue weighted by Crippen LogP contribution is 2.42. The van der Waals surface area contributed by atoms with E-state index in [4.69, 9.17) is 0 Å². The van der Waals surface area contributed by atoms with Gasteiger partial charge in [0.25, 0.3) is 11.8 Å². The van der Waals surface area contributed by atoms with Gasteiger partial charge in [0.1, 0.15) is 17.3 Å². The maximum Gasteiger partial charge on any atom is 0.276 e. The Bertz CT molecular complexity index is 1850. The van der Waals surface area contributed by atoms with Gasteiger partial charge in [-0.1, -0.05) is 36.4 Å². The lowest BCUT2D eigenvalue weighted by atomic mass is 10.1. The molecule has 0 radical (unpaired) electrons. The number of nitrogens with zero attached hydrogens (tertiary/aromatic N) is 3. The van der Waals surface area contributed by atoms with Gasteiger partial charge in [-0.2, -0.15) is 0 Å². The molecule has 2 aliphatic heterocycles. The topological polar surface area (TPSA) is 99.7 Å². The normalized spacial score (nSPS) is 18.6. The molecule has 1 N–H and O–H groups in total. The summed E-state index contributed by atoms with van der Waals surface area (Å²) >= 11 is 1.32. The number of hydrogen-bond acceptors (Lipinski definition) is 7. The molecule has 6 rings (SSSR count). The maximum atomic E-state index is 14.4. The molecule has 0 saturated carbocycles. The van der Waals surface area contributed by atoms with Crippen LogP contribution in [0.5, 0.6) is 0 Å². The molecule has 4 heterocycles. The van der Waals surface area contributed by atoms with Gasteiger partial charge in [-0.3, -0.25) is 9.59 Å². The van der Waals surface area contributed by atoms with E-state index < -0.39 is 20.4 Å². The van der Waals surface area contributed by atoms with Crippen LogP contribution in [-0.4, -0.2) is 55.9 Å². The van der Waals surface area contributed by atoms with Crippen LogP contribution in [0.2, 0.25) is 0 Å². The van der Waals surface area contributed by atoms with Crippen LogP contribution in [0.4, 0.5) is 21.6 Å². The minimum Gasteiger partial charge on any atom is -0.358 e. The van der Waals surface area contributed by atoms with Crippen molar-refractivity contribution in [2.75, 3.05) is 41.0 Å². The highest BCUT2D eigenvalue weighted by Gasteiger charge is 2.48. The second-order valence-electron chi connectivity index (χ2n) is 11.3. The van der Waals surface area contributed by atoms with Gasteiger partial charge in [-0.15, -0.1) is 11.3 Å². The molecule has 0 aliphatic carbocycles. The van der Waals surface area contributed by atoms with E-state index >= 15 is 0 Å². The molecule has 0 spiro atoms. The van der Waals surface area contributed by atoms with Crippen LogP contribution < -0.4 is 15.1 Å². The first-order valence-corrected chi connectivity index (χ1v) is 16.5. The van der Waals surface area contributed by atoms with Gasteiger partial charge in [-0.05, 0) is 68.1 Å². The van der Waals surface area contributed by atoms with E-state index in [0.29, 0.717) is 47.9 Å². The number of anilines is 3. The lowest BCUT2D eigenvalue weighted by molar-refractivity contribution is 0.0981. The van der Waals surface area contributed by atoms with Crippen LogP contribution in [0.25, 0.3) is 10.4 Å². The summed E-state index contributed by atoms with van der Waals surface area (Å²) in [6, 6.07) is 19.2. The van der Waals surface area contributed by atoms with Crippen molar-refractivity contribution < 1.29 is 22.4 Å². The SMILES string of the molecule is Cc1cccc(F)c1NC(=O)c1cc2c(s1)-c1ccccc1N(C(=O)c1cccc(N(C)CC3(C)CCS3(=O)=O)n1)CC2. The lowest BCUT2D eigenvalue weighted by Crippen LogP contribution is -2.55. The number of halogens is 1. The number of aryl methyl sites for hydroxylation is 1. The van der Waals surface area contributed by atoms with Crippen LogP contribution in [0.1, 0.15) is 44.6 Å². The first-order valence-electron chi connectivity index (χ1n) is 14.0. The van der Waals surface area contributed by atoms with Gasteiger partial charge >= 0.3 is 0 Å². The smallest absolute Gasteiger partial charge is 0.276 e. The highest BCUT2D eigenvalue weighted by atomic mass is 32.2. The van der Waals surface area contributed by atoms with E-state index in [1.165, 1.54) is 17.4 Å². The Morgan fingerprint density at radius 3 is 2.60 bits per heavy atom. The fraction of sp³-hybridized carbons (Fsp3) is 0.281. The summed E-state index contributed by atoms with van der Waals surface area (Å²) in [5, 5.41) is 2.72. The molecule has 0 bridgehead atoms. The Morgan fingerprint density at radius 2 is 1.88 bits per heavy atom. The molecule has 8 nitrogen and oxygen atoms in total. The van der Waals surface area contributed by atoms with Crippen molar-refractivity contribution in [2.45, 2.75) is 31.4 Å². The minimum atomic E-state index is -3.14.